The molecule has 0 heterocycles. The van der Waals surface area contributed by atoms with Gasteiger partial charge in [0.1, 0.15) is 0 Å². The van der Waals surface area contributed by atoms with Gasteiger partial charge in [0.05, 0.1) is 0 Å². The van der Waals surface area contributed by atoms with Crippen LogP contribution in [0.4, 0.5) is 0 Å². The van der Waals surface area contributed by atoms with E-state index in [1.54, 1.807) is 0 Å². The lowest BCUT2D eigenvalue weighted by Crippen LogP contribution is -2.19. The molecule has 46 heavy (non-hydrogen) atoms. The molecule has 4 heteroatoms. The van der Waals surface area contributed by atoms with E-state index in [0.717, 1.165) is 37.7 Å². The molecule has 3 N–H and O–H groups in total. The van der Waals surface area contributed by atoms with Crippen LogP contribution in [0.2, 0.25) is 0 Å². The van der Waals surface area contributed by atoms with Gasteiger partial charge in [0, 0.05) is 5.56 Å². The topological polar surface area (TPSA) is 60.7 Å². The number of rotatable bonds is 34. The summed E-state index contributed by atoms with van der Waals surface area (Å²) >= 11 is 0. The molecule has 0 amide bonds. The van der Waals surface area contributed by atoms with Crippen molar-refractivity contribution in [1.29, 1.82) is 0 Å². The monoisotopic (exact) mass is 664 g/mol. The first-order chi connectivity index (χ1) is 22.5. The molecule has 0 fully saturated rings. The fourth-order valence-electron chi connectivity index (χ4n) is 7.22. The number of aryl methyl sites for hydroxylation is 1. The van der Waals surface area contributed by atoms with E-state index in [1.807, 2.05) is 6.07 Å². The maximum Gasteiger partial charge on any atom is 0.441 e. The largest absolute Gasteiger partial charge is 0.441 e. The smallest absolute Gasteiger partial charge is 0.189 e. The standard InChI is InChI=1S/C42H80O3P/c1-4-7-10-13-16-19-22-25-28-31-34-39-37-38-42(46(43,44)45)41(36-33-30-27-24-21-18-15-12-9-6-3)40(39)35-32-29-26-23-20-17-14-11-8-5-2/h37-38,43-45H,4-36H2,1-3H3/q+1. The summed E-state index contributed by atoms with van der Waals surface area (Å²) in [5.41, 5.74) is 3.81. The molecular formula is C42H80O3P+. The van der Waals surface area contributed by atoms with Crippen LogP contribution >= 0.6 is 7.94 Å². The second-order valence-corrected chi connectivity index (χ2v) is 16.2. The molecule has 0 atom stereocenters. The summed E-state index contributed by atoms with van der Waals surface area (Å²) in [6.45, 7) is 6.84. The van der Waals surface area contributed by atoms with Gasteiger partial charge in [-0.3, -0.25) is 0 Å². The first-order valence-electron chi connectivity index (χ1n) is 20.7. The van der Waals surface area contributed by atoms with Gasteiger partial charge in [-0.05, 0) is 55.7 Å². The molecule has 0 saturated heterocycles. The van der Waals surface area contributed by atoms with Crippen LogP contribution in [-0.2, 0) is 19.3 Å². The molecule has 1 rings (SSSR count). The molecule has 0 aliphatic carbocycles. The first kappa shape index (κ1) is 43.6. The van der Waals surface area contributed by atoms with Crippen molar-refractivity contribution in [2.24, 2.45) is 0 Å². The Hall–Kier alpha value is -0.470. The van der Waals surface area contributed by atoms with E-state index in [2.05, 4.69) is 26.8 Å². The molecule has 0 spiro atoms. The normalized spacial score (nSPS) is 12.0. The summed E-state index contributed by atoms with van der Waals surface area (Å²) in [6.07, 6.45) is 42.5. The van der Waals surface area contributed by atoms with Gasteiger partial charge in [0.25, 0.3) is 0 Å². The molecule has 0 unspecified atom stereocenters. The highest BCUT2D eigenvalue weighted by atomic mass is 31.2. The van der Waals surface area contributed by atoms with Crippen LogP contribution in [0.1, 0.15) is 230 Å². The Bertz CT molecular complexity index is 803. The lowest BCUT2D eigenvalue weighted by atomic mass is 9.90. The van der Waals surface area contributed by atoms with E-state index in [1.165, 1.54) is 191 Å². The lowest BCUT2D eigenvalue weighted by Gasteiger charge is -2.19. The van der Waals surface area contributed by atoms with Crippen molar-refractivity contribution < 1.29 is 14.7 Å². The molecule has 3 nitrogen and oxygen atoms in total. The predicted molar refractivity (Wildman–Crippen MR) is 206 cm³/mol. The van der Waals surface area contributed by atoms with Gasteiger partial charge >= 0.3 is 7.94 Å². The Morgan fingerprint density at radius 3 is 0.957 bits per heavy atom. The van der Waals surface area contributed by atoms with E-state index in [0.29, 0.717) is 5.30 Å². The minimum atomic E-state index is -4.05. The second-order valence-electron chi connectivity index (χ2n) is 14.6. The van der Waals surface area contributed by atoms with Crippen molar-refractivity contribution in [2.75, 3.05) is 0 Å². The van der Waals surface area contributed by atoms with Crippen LogP contribution < -0.4 is 5.30 Å². The summed E-state index contributed by atoms with van der Waals surface area (Å²) < 4.78 is 0. The fraction of sp³-hybridized carbons (Fsp3) is 0.857. The van der Waals surface area contributed by atoms with Crippen LogP contribution in [0.3, 0.4) is 0 Å². The van der Waals surface area contributed by atoms with Gasteiger partial charge in [-0.1, -0.05) is 200 Å². The molecule has 1 aromatic rings. The highest BCUT2D eigenvalue weighted by Crippen LogP contribution is 2.45. The summed E-state index contributed by atoms with van der Waals surface area (Å²) in [7, 11) is -4.05. The summed E-state index contributed by atoms with van der Waals surface area (Å²) in [4.78, 5) is 31.4. The average molecular weight is 664 g/mol. The summed E-state index contributed by atoms with van der Waals surface area (Å²) in [5.74, 6) is 0. The van der Waals surface area contributed by atoms with E-state index in [9.17, 15) is 14.7 Å². The molecule has 0 aliphatic heterocycles. The fourth-order valence-corrected chi connectivity index (χ4v) is 8.10. The Kier molecular flexibility index (Phi) is 29.0. The number of unbranched alkanes of at least 4 members (excludes halogenated alkanes) is 27. The van der Waals surface area contributed by atoms with Crippen molar-refractivity contribution in [3.8, 4) is 0 Å². The number of hydrogen-bond donors (Lipinski definition) is 3. The van der Waals surface area contributed by atoms with Crippen LogP contribution in [0.15, 0.2) is 12.1 Å². The predicted octanol–water partition coefficient (Wildman–Crippen LogP) is 13.4. The molecule has 270 valence electrons. The van der Waals surface area contributed by atoms with Gasteiger partial charge in [-0.2, -0.15) is 14.7 Å². The van der Waals surface area contributed by atoms with Gasteiger partial charge < -0.3 is 0 Å². The van der Waals surface area contributed by atoms with E-state index < -0.39 is 7.94 Å². The van der Waals surface area contributed by atoms with Gasteiger partial charge in [-0.15, -0.1) is 0 Å². The molecule has 0 aliphatic rings. The molecule has 0 aromatic heterocycles. The van der Waals surface area contributed by atoms with Crippen molar-refractivity contribution in [1.82, 2.24) is 0 Å². The van der Waals surface area contributed by atoms with Gasteiger partial charge in [-0.25, -0.2) is 0 Å². The maximum atomic E-state index is 10.5. The summed E-state index contributed by atoms with van der Waals surface area (Å²) in [5, 5.41) is 0.428. The maximum absolute atomic E-state index is 10.5. The average Bonchev–Trinajstić information content (AvgIpc) is 3.03. The van der Waals surface area contributed by atoms with Gasteiger partial charge in [0.15, 0.2) is 5.30 Å². The Balaban J connectivity index is 2.73. The summed E-state index contributed by atoms with van der Waals surface area (Å²) in [6, 6.07) is 3.97. The molecule has 0 saturated carbocycles. The van der Waals surface area contributed by atoms with Crippen molar-refractivity contribution in [3.63, 3.8) is 0 Å². The third-order valence-corrected chi connectivity index (χ3v) is 11.3. The van der Waals surface area contributed by atoms with Crippen LogP contribution in [0.25, 0.3) is 0 Å². The second kappa shape index (κ2) is 30.6. The molecule has 0 radical (unpaired) electrons. The van der Waals surface area contributed by atoms with Crippen LogP contribution in [0, 0.1) is 0 Å². The SMILES string of the molecule is CCCCCCCCCCCCc1ccc([P+](O)(O)O)c(CCCCCCCCCCCC)c1CCCCCCCCCCCC. The highest BCUT2D eigenvalue weighted by molar-refractivity contribution is 7.66. The van der Waals surface area contributed by atoms with Crippen molar-refractivity contribution >= 4 is 13.2 Å². The Morgan fingerprint density at radius 1 is 0.348 bits per heavy atom. The quantitative estimate of drug-likeness (QED) is 0.0508. The third kappa shape index (κ3) is 23.0. The van der Waals surface area contributed by atoms with Gasteiger partial charge in [0.2, 0.25) is 0 Å². The van der Waals surface area contributed by atoms with Crippen LogP contribution in [-0.4, -0.2) is 14.7 Å². The number of benzene rings is 1. The number of hydrogen-bond acceptors (Lipinski definition) is 3. The van der Waals surface area contributed by atoms with Crippen molar-refractivity contribution in [2.45, 2.75) is 233 Å². The van der Waals surface area contributed by atoms with E-state index in [4.69, 9.17) is 0 Å². The zero-order chi connectivity index (χ0) is 33.6. The van der Waals surface area contributed by atoms with Crippen molar-refractivity contribution in [3.05, 3.63) is 28.8 Å². The molecular weight excluding hydrogens is 583 g/mol. The van der Waals surface area contributed by atoms with E-state index in [-0.39, 0.29) is 0 Å². The third-order valence-electron chi connectivity index (χ3n) is 10.2. The zero-order valence-electron chi connectivity index (χ0n) is 31.3. The van der Waals surface area contributed by atoms with Crippen LogP contribution in [0.5, 0.6) is 0 Å². The molecule has 1 aromatic carbocycles. The van der Waals surface area contributed by atoms with E-state index >= 15 is 0 Å². The highest BCUT2D eigenvalue weighted by Gasteiger charge is 2.38. The zero-order valence-corrected chi connectivity index (χ0v) is 32.2. The minimum Gasteiger partial charge on any atom is -0.189 e. The molecule has 0 bridgehead atoms. The Morgan fingerprint density at radius 2 is 0.630 bits per heavy atom. The lowest BCUT2D eigenvalue weighted by molar-refractivity contribution is 0.346. The Labute approximate surface area is 288 Å². The first-order valence-corrected chi connectivity index (χ1v) is 22.3. The minimum absolute atomic E-state index is 0.428.